The second-order valence-electron chi connectivity index (χ2n) is 2.39. The molecule has 53 valence electrons. The molecule has 1 rings (SSSR count). The third kappa shape index (κ3) is 2.18. The Labute approximate surface area is 60.7 Å². The summed E-state index contributed by atoms with van der Waals surface area (Å²) in [4.78, 5) is 0. The van der Waals surface area contributed by atoms with Crippen LogP contribution in [0.25, 0.3) is 0 Å². The van der Waals surface area contributed by atoms with E-state index in [0.29, 0.717) is 6.42 Å². The van der Waals surface area contributed by atoms with Gasteiger partial charge in [-0.1, -0.05) is 24.3 Å². The van der Waals surface area contributed by atoms with Crippen LogP contribution in [0, 0.1) is 6.07 Å². The van der Waals surface area contributed by atoms with Crippen molar-refractivity contribution >= 4 is 0 Å². The zero-order chi connectivity index (χ0) is 7.40. The van der Waals surface area contributed by atoms with Gasteiger partial charge in [-0.25, -0.2) is 4.39 Å². The van der Waals surface area contributed by atoms with Crippen molar-refractivity contribution in [3.05, 3.63) is 35.9 Å². The molecule has 0 aliphatic carbocycles. The maximum atomic E-state index is 12.4. The molecule has 10 heavy (non-hydrogen) atoms. The van der Waals surface area contributed by atoms with Gasteiger partial charge in [0.05, 0.1) is 0 Å². The lowest BCUT2D eigenvalue weighted by Gasteiger charge is -1.99. The van der Waals surface area contributed by atoms with Crippen LogP contribution in [-0.2, 0) is 6.42 Å². The van der Waals surface area contributed by atoms with E-state index < -0.39 is 6.17 Å². The Morgan fingerprint density at radius 1 is 1.50 bits per heavy atom. The molecule has 0 spiro atoms. The molecule has 0 bridgehead atoms. The van der Waals surface area contributed by atoms with Crippen molar-refractivity contribution in [3.8, 4) is 0 Å². The van der Waals surface area contributed by atoms with Crippen molar-refractivity contribution in [2.24, 2.45) is 0 Å². The Hall–Kier alpha value is -0.850. The van der Waals surface area contributed by atoms with Crippen LogP contribution in [-0.4, -0.2) is 6.17 Å². The molecule has 1 heteroatoms. The number of hydrogen-bond acceptors (Lipinski definition) is 0. The molecule has 0 unspecified atom stereocenters. The predicted octanol–water partition coefficient (Wildman–Crippen LogP) is 2.39. The van der Waals surface area contributed by atoms with E-state index in [9.17, 15) is 4.39 Å². The fourth-order valence-corrected chi connectivity index (χ4v) is 0.882. The van der Waals surface area contributed by atoms with Crippen LogP contribution in [0.5, 0.6) is 0 Å². The normalized spacial score (nSPS) is 13.0. The standard InChI is InChI=1S/C9H10F/c1-8(10)7-9-5-3-2-4-6-9/h3-6,8H,7H2,1H3/t8-/m1/s1. The molecule has 1 aromatic carbocycles. The molecule has 0 aliphatic rings. The third-order valence-corrected chi connectivity index (χ3v) is 1.30. The van der Waals surface area contributed by atoms with Crippen LogP contribution in [0.1, 0.15) is 12.5 Å². The van der Waals surface area contributed by atoms with Crippen molar-refractivity contribution in [2.45, 2.75) is 19.5 Å². The molecule has 0 heterocycles. The zero-order valence-electron chi connectivity index (χ0n) is 5.97. The van der Waals surface area contributed by atoms with E-state index in [1.54, 1.807) is 19.1 Å². The van der Waals surface area contributed by atoms with E-state index >= 15 is 0 Å². The van der Waals surface area contributed by atoms with Gasteiger partial charge in [-0.05, 0) is 18.6 Å². The van der Waals surface area contributed by atoms with E-state index in [2.05, 4.69) is 6.07 Å². The number of hydrogen-bond donors (Lipinski definition) is 0. The van der Waals surface area contributed by atoms with Crippen molar-refractivity contribution in [2.75, 3.05) is 0 Å². The van der Waals surface area contributed by atoms with Gasteiger partial charge < -0.3 is 0 Å². The minimum absolute atomic E-state index is 0.509. The number of benzene rings is 1. The molecular formula is C9H10F. The Bertz CT molecular complexity index is 179. The maximum Gasteiger partial charge on any atom is 0.101 e. The fraction of sp³-hybridized carbons (Fsp3) is 0.333. The SMILES string of the molecule is C[C@@H](F)Cc1cc[c]cc1. The molecule has 0 amide bonds. The Balaban J connectivity index is 2.59. The zero-order valence-corrected chi connectivity index (χ0v) is 5.97. The van der Waals surface area contributed by atoms with E-state index in [1.807, 2.05) is 12.1 Å². The first kappa shape index (κ1) is 7.26. The minimum Gasteiger partial charge on any atom is -0.247 e. The second kappa shape index (κ2) is 3.35. The smallest absolute Gasteiger partial charge is 0.101 e. The molecule has 0 N–H and O–H groups in total. The number of alkyl halides is 1. The first-order valence-corrected chi connectivity index (χ1v) is 3.38. The highest BCUT2D eigenvalue weighted by Gasteiger charge is 1.97. The van der Waals surface area contributed by atoms with Crippen LogP contribution in [0.2, 0.25) is 0 Å². The van der Waals surface area contributed by atoms with Gasteiger partial charge in [-0.3, -0.25) is 0 Å². The molecule has 0 saturated heterocycles. The number of rotatable bonds is 2. The highest BCUT2D eigenvalue weighted by atomic mass is 19.1. The summed E-state index contributed by atoms with van der Waals surface area (Å²) >= 11 is 0. The molecule has 1 atom stereocenters. The monoisotopic (exact) mass is 137 g/mol. The molecule has 1 radical (unpaired) electrons. The van der Waals surface area contributed by atoms with Gasteiger partial charge >= 0.3 is 0 Å². The summed E-state index contributed by atoms with van der Waals surface area (Å²) < 4.78 is 12.4. The van der Waals surface area contributed by atoms with Crippen LogP contribution in [0.15, 0.2) is 24.3 Å². The predicted molar refractivity (Wildman–Crippen MR) is 39.6 cm³/mol. The first-order valence-electron chi connectivity index (χ1n) is 3.38. The largest absolute Gasteiger partial charge is 0.247 e. The van der Waals surface area contributed by atoms with E-state index in [0.717, 1.165) is 5.56 Å². The maximum absolute atomic E-state index is 12.4. The van der Waals surface area contributed by atoms with Gasteiger partial charge in [-0.2, -0.15) is 0 Å². The van der Waals surface area contributed by atoms with Gasteiger partial charge in [0.2, 0.25) is 0 Å². The second-order valence-corrected chi connectivity index (χ2v) is 2.39. The summed E-state index contributed by atoms with van der Waals surface area (Å²) in [6.07, 6.45) is -0.239. The Kier molecular flexibility index (Phi) is 2.43. The van der Waals surface area contributed by atoms with Gasteiger partial charge in [0.1, 0.15) is 6.17 Å². The number of halogens is 1. The van der Waals surface area contributed by atoms with Gasteiger partial charge in [0.25, 0.3) is 0 Å². The van der Waals surface area contributed by atoms with Gasteiger partial charge in [-0.15, -0.1) is 0 Å². The van der Waals surface area contributed by atoms with Crippen molar-refractivity contribution in [1.29, 1.82) is 0 Å². The topological polar surface area (TPSA) is 0 Å². The van der Waals surface area contributed by atoms with Crippen LogP contribution in [0.3, 0.4) is 0 Å². The molecule has 0 aromatic heterocycles. The summed E-state index contributed by atoms with van der Waals surface area (Å²) in [7, 11) is 0. The molecule has 0 nitrogen and oxygen atoms in total. The van der Waals surface area contributed by atoms with Crippen molar-refractivity contribution in [1.82, 2.24) is 0 Å². The fourth-order valence-electron chi connectivity index (χ4n) is 0.882. The summed E-state index contributed by atoms with van der Waals surface area (Å²) in [5.74, 6) is 0. The van der Waals surface area contributed by atoms with Crippen molar-refractivity contribution < 1.29 is 4.39 Å². The molecule has 1 aromatic rings. The van der Waals surface area contributed by atoms with Gasteiger partial charge in [0, 0.05) is 6.42 Å². The Morgan fingerprint density at radius 3 is 2.60 bits per heavy atom. The first-order chi connectivity index (χ1) is 4.79. The molecule has 0 fully saturated rings. The van der Waals surface area contributed by atoms with Gasteiger partial charge in [0.15, 0.2) is 0 Å². The molecule has 0 saturated carbocycles. The van der Waals surface area contributed by atoms with E-state index in [1.165, 1.54) is 0 Å². The van der Waals surface area contributed by atoms with Crippen LogP contribution >= 0.6 is 0 Å². The quantitative estimate of drug-likeness (QED) is 0.587. The summed E-state index contributed by atoms with van der Waals surface area (Å²) in [5.41, 5.74) is 1.04. The lowest BCUT2D eigenvalue weighted by atomic mass is 10.1. The highest BCUT2D eigenvalue weighted by Crippen LogP contribution is 2.03. The van der Waals surface area contributed by atoms with E-state index in [-0.39, 0.29) is 0 Å². The van der Waals surface area contributed by atoms with Crippen LogP contribution in [0.4, 0.5) is 4.39 Å². The van der Waals surface area contributed by atoms with Crippen molar-refractivity contribution in [3.63, 3.8) is 0 Å². The van der Waals surface area contributed by atoms with Crippen LogP contribution < -0.4 is 0 Å². The minimum atomic E-state index is -0.748. The summed E-state index contributed by atoms with van der Waals surface area (Å²) in [6.45, 7) is 1.57. The third-order valence-electron chi connectivity index (χ3n) is 1.30. The average molecular weight is 137 g/mol. The Morgan fingerprint density at radius 2 is 2.10 bits per heavy atom. The lowest BCUT2D eigenvalue weighted by Crippen LogP contribution is -1.97. The lowest BCUT2D eigenvalue weighted by molar-refractivity contribution is 0.360. The summed E-state index contributed by atoms with van der Waals surface area (Å²) in [5, 5.41) is 0. The summed E-state index contributed by atoms with van der Waals surface area (Å²) in [6, 6.07) is 10.3. The van der Waals surface area contributed by atoms with E-state index in [4.69, 9.17) is 0 Å². The average Bonchev–Trinajstić information content (AvgIpc) is 1.88. The highest BCUT2D eigenvalue weighted by molar-refractivity contribution is 5.14. The molecular weight excluding hydrogens is 127 g/mol. The molecule has 0 aliphatic heterocycles.